The second-order valence-corrected chi connectivity index (χ2v) is 2.89. The first-order chi connectivity index (χ1) is 7.57. The van der Waals surface area contributed by atoms with Gasteiger partial charge >= 0.3 is 0 Å². The highest BCUT2D eigenvalue weighted by molar-refractivity contribution is 5.62. The average molecular weight is 226 g/mol. The SMILES string of the molecule is C#CCCNc1c([N+](=O)[O-])ccc(F)c1F. The lowest BCUT2D eigenvalue weighted by atomic mass is 10.2. The minimum Gasteiger partial charge on any atom is -0.376 e. The fourth-order valence-electron chi connectivity index (χ4n) is 1.12. The van der Waals surface area contributed by atoms with Crippen LogP contribution >= 0.6 is 0 Å². The van der Waals surface area contributed by atoms with Crippen molar-refractivity contribution in [2.75, 3.05) is 11.9 Å². The van der Waals surface area contributed by atoms with Crippen molar-refractivity contribution in [3.8, 4) is 12.3 Å². The maximum absolute atomic E-state index is 13.3. The lowest BCUT2D eigenvalue weighted by Gasteiger charge is -2.06. The van der Waals surface area contributed by atoms with Gasteiger partial charge in [0.15, 0.2) is 17.3 Å². The van der Waals surface area contributed by atoms with Crippen molar-refractivity contribution in [1.29, 1.82) is 0 Å². The van der Waals surface area contributed by atoms with Gasteiger partial charge in [-0.1, -0.05) is 0 Å². The second kappa shape index (κ2) is 5.07. The lowest BCUT2D eigenvalue weighted by Crippen LogP contribution is -2.07. The first kappa shape index (κ1) is 11.9. The fourth-order valence-corrected chi connectivity index (χ4v) is 1.12. The Morgan fingerprint density at radius 1 is 1.50 bits per heavy atom. The van der Waals surface area contributed by atoms with Crippen molar-refractivity contribution in [2.24, 2.45) is 0 Å². The van der Waals surface area contributed by atoms with E-state index in [4.69, 9.17) is 6.42 Å². The van der Waals surface area contributed by atoms with Crippen LogP contribution in [0, 0.1) is 34.1 Å². The number of benzene rings is 1. The molecule has 6 heteroatoms. The molecule has 1 aromatic rings. The van der Waals surface area contributed by atoms with E-state index in [2.05, 4.69) is 11.2 Å². The molecule has 4 nitrogen and oxygen atoms in total. The number of nitro benzene ring substituents is 1. The van der Waals surface area contributed by atoms with E-state index in [1.807, 2.05) is 0 Å². The van der Waals surface area contributed by atoms with Crippen LogP contribution in [0.2, 0.25) is 0 Å². The van der Waals surface area contributed by atoms with Crippen molar-refractivity contribution >= 4 is 11.4 Å². The Balaban J connectivity index is 3.07. The molecular formula is C10H8F2N2O2. The van der Waals surface area contributed by atoms with Gasteiger partial charge < -0.3 is 5.32 Å². The molecule has 0 saturated heterocycles. The maximum Gasteiger partial charge on any atom is 0.295 e. The number of rotatable bonds is 4. The first-order valence-corrected chi connectivity index (χ1v) is 4.37. The molecule has 0 aliphatic heterocycles. The summed E-state index contributed by atoms with van der Waals surface area (Å²) in [6.45, 7) is 0.137. The predicted octanol–water partition coefficient (Wildman–Crippen LogP) is 2.31. The van der Waals surface area contributed by atoms with Crippen LogP contribution in [0.5, 0.6) is 0 Å². The van der Waals surface area contributed by atoms with Gasteiger partial charge in [-0.15, -0.1) is 12.3 Å². The van der Waals surface area contributed by atoms with Crippen LogP contribution in [0.4, 0.5) is 20.2 Å². The van der Waals surface area contributed by atoms with Gasteiger partial charge in [0.05, 0.1) is 4.92 Å². The molecule has 84 valence electrons. The quantitative estimate of drug-likeness (QED) is 0.371. The van der Waals surface area contributed by atoms with E-state index >= 15 is 0 Å². The molecule has 0 amide bonds. The van der Waals surface area contributed by atoms with Gasteiger partial charge in [0.1, 0.15) is 0 Å². The third kappa shape index (κ3) is 2.45. The molecule has 0 bridgehead atoms. The zero-order chi connectivity index (χ0) is 12.1. The molecule has 16 heavy (non-hydrogen) atoms. The summed E-state index contributed by atoms with van der Waals surface area (Å²) < 4.78 is 26.1. The first-order valence-electron chi connectivity index (χ1n) is 4.37. The Morgan fingerprint density at radius 3 is 2.75 bits per heavy atom. The number of nitrogens with zero attached hydrogens (tertiary/aromatic N) is 1. The van der Waals surface area contributed by atoms with E-state index in [1.54, 1.807) is 0 Å². The normalized spacial score (nSPS) is 9.56. The van der Waals surface area contributed by atoms with Crippen molar-refractivity contribution < 1.29 is 13.7 Å². The van der Waals surface area contributed by atoms with E-state index in [0.717, 1.165) is 6.07 Å². The van der Waals surface area contributed by atoms with Crippen LogP contribution in [-0.4, -0.2) is 11.5 Å². The van der Waals surface area contributed by atoms with Gasteiger partial charge in [-0.2, -0.15) is 0 Å². The third-order valence-corrected chi connectivity index (χ3v) is 1.84. The van der Waals surface area contributed by atoms with Crippen LogP contribution in [0.3, 0.4) is 0 Å². The fraction of sp³-hybridized carbons (Fsp3) is 0.200. The van der Waals surface area contributed by atoms with Gasteiger partial charge in [0, 0.05) is 19.0 Å². The summed E-state index contributed by atoms with van der Waals surface area (Å²) >= 11 is 0. The number of anilines is 1. The molecule has 1 N–H and O–H groups in total. The molecule has 0 fully saturated rings. The molecule has 0 atom stereocenters. The Labute approximate surface area is 90.4 Å². The maximum atomic E-state index is 13.3. The molecule has 0 aliphatic rings. The van der Waals surface area contributed by atoms with Gasteiger partial charge in [-0.05, 0) is 6.07 Å². The molecule has 0 unspecified atom stereocenters. The van der Waals surface area contributed by atoms with Gasteiger partial charge in [-0.3, -0.25) is 10.1 Å². The minimum absolute atomic E-state index is 0.137. The number of halogens is 2. The highest BCUT2D eigenvalue weighted by atomic mass is 19.2. The van der Waals surface area contributed by atoms with E-state index < -0.39 is 27.9 Å². The van der Waals surface area contributed by atoms with Gasteiger partial charge in [-0.25, -0.2) is 8.78 Å². The lowest BCUT2D eigenvalue weighted by molar-refractivity contribution is -0.384. The summed E-state index contributed by atoms with van der Waals surface area (Å²) in [7, 11) is 0. The number of hydrogen-bond donors (Lipinski definition) is 1. The molecule has 0 saturated carbocycles. The largest absolute Gasteiger partial charge is 0.376 e. The number of hydrogen-bond acceptors (Lipinski definition) is 3. The molecule has 1 rings (SSSR count). The smallest absolute Gasteiger partial charge is 0.295 e. The molecule has 0 heterocycles. The number of nitrogens with one attached hydrogen (secondary N) is 1. The molecule has 1 aromatic carbocycles. The summed E-state index contributed by atoms with van der Waals surface area (Å²) in [5, 5.41) is 13.0. The number of nitro groups is 1. The van der Waals surface area contributed by atoms with E-state index in [-0.39, 0.29) is 13.0 Å². The molecule has 0 radical (unpaired) electrons. The molecule has 0 aromatic heterocycles. The van der Waals surface area contributed by atoms with Crippen molar-refractivity contribution in [2.45, 2.75) is 6.42 Å². The molecular weight excluding hydrogens is 218 g/mol. The van der Waals surface area contributed by atoms with E-state index in [9.17, 15) is 18.9 Å². The zero-order valence-corrected chi connectivity index (χ0v) is 8.17. The Hall–Kier alpha value is -2.16. The van der Waals surface area contributed by atoms with Gasteiger partial charge in [0.25, 0.3) is 5.69 Å². The average Bonchev–Trinajstić information content (AvgIpc) is 2.24. The van der Waals surface area contributed by atoms with Gasteiger partial charge in [0.2, 0.25) is 0 Å². The number of terminal acetylenes is 1. The molecule has 0 aliphatic carbocycles. The minimum atomic E-state index is -1.27. The summed E-state index contributed by atoms with van der Waals surface area (Å²) in [5.74, 6) is -0.144. The van der Waals surface area contributed by atoms with Crippen LogP contribution in [0.15, 0.2) is 12.1 Å². The zero-order valence-electron chi connectivity index (χ0n) is 8.17. The van der Waals surface area contributed by atoms with Crippen LogP contribution < -0.4 is 5.32 Å². The van der Waals surface area contributed by atoms with Crippen LogP contribution in [0.1, 0.15) is 6.42 Å². The summed E-state index contributed by atoms with van der Waals surface area (Å²) in [6, 6.07) is 1.61. The summed E-state index contributed by atoms with van der Waals surface area (Å²) in [4.78, 5) is 9.76. The van der Waals surface area contributed by atoms with Crippen molar-refractivity contribution in [3.05, 3.63) is 33.9 Å². The molecule has 0 spiro atoms. The van der Waals surface area contributed by atoms with Crippen LogP contribution in [0.25, 0.3) is 0 Å². The second-order valence-electron chi connectivity index (χ2n) is 2.89. The summed E-state index contributed by atoms with van der Waals surface area (Å²) in [5.41, 5.74) is -0.990. The Bertz CT molecular complexity index is 455. The Kier molecular flexibility index (Phi) is 3.78. The highest BCUT2D eigenvalue weighted by Gasteiger charge is 2.20. The summed E-state index contributed by atoms with van der Waals surface area (Å²) in [6.07, 6.45) is 5.22. The highest BCUT2D eigenvalue weighted by Crippen LogP contribution is 2.28. The van der Waals surface area contributed by atoms with Crippen molar-refractivity contribution in [1.82, 2.24) is 0 Å². The Morgan fingerprint density at radius 2 is 2.19 bits per heavy atom. The van der Waals surface area contributed by atoms with E-state index in [1.165, 1.54) is 0 Å². The standard InChI is InChI=1S/C10H8F2N2O2/c1-2-3-6-13-10-8(14(15)16)5-4-7(11)9(10)12/h1,4-5,13H,3,6H2. The monoisotopic (exact) mass is 226 g/mol. The van der Waals surface area contributed by atoms with Crippen LogP contribution in [-0.2, 0) is 0 Å². The predicted molar refractivity (Wildman–Crippen MR) is 55.0 cm³/mol. The third-order valence-electron chi connectivity index (χ3n) is 1.84. The topological polar surface area (TPSA) is 55.2 Å². The van der Waals surface area contributed by atoms with E-state index in [0.29, 0.717) is 6.07 Å². The van der Waals surface area contributed by atoms with Crippen molar-refractivity contribution in [3.63, 3.8) is 0 Å².